The summed E-state index contributed by atoms with van der Waals surface area (Å²) < 4.78 is 0. The van der Waals surface area contributed by atoms with Crippen molar-refractivity contribution in [2.75, 3.05) is 6.54 Å². The van der Waals surface area contributed by atoms with E-state index in [1.165, 1.54) is 51.5 Å². The minimum absolute atomic E-state index is 0.498. The third kappa shape index (κ3) is 2.60. The van der Waals surface area contributed by atoms with E-state index in [1.54, 1.807) is 0 Å². The van der Waals surface area contributed by atoms with Crippen LogP contribution in [0.4, 0.5) is 0 Å². The lowest BCUT2D eigenvalue weighted by atomic mass is 9.99. The summed E-state index contributed by atoms with van der Waals surface area (Å²) in [5, 5.41) is 0. The van der Waals surface area contributed by atoms with Gasteiger partial charge in [-0.15, -0.1) is 0 Å². The van der Waals surface area contributed by atoms with Crippen molar-refractivity contribution in [2.45, 2.75) is 76.9 Å². The fraction of sp³-hybridized carbons (Fsp3) is 1.00. The molecule has 1 heterocycles. The zero-order valence-electron chi connectivity index (χ0n) is 11.0. The van der Waals surface area contributed by atoms with Crippen molar-refractivity contribution in [2.24, 2.45) is 11.7 Å². The Bertz CT molecular complexity index is 217. The Labute approximate surface area is 101 Å². The molecular formula is C14H28N2. The van der Waals surface area contributed by atoms with Gasteiger partial charge in [0.2, 0.25) is 0 Å². The number of nitrogens with two attached hydrogens (primary N) is 1. The molecule has 1 saturated heterocycles. The van der Waals surface area contributed by atoms with E-state index in [0.29, 0.717) is 6.04 Å². The molecule has 1 aliphatic carbocycles. The minimum atomic E-state index is 0.498. The third-order valence-corrected chi connectivity index (χ3v) is 4.90. The zero-order chi connectivity index (χ0) is 11.5. The van der Waals surface area contributed by atoms with Crippen LogP contribution in [0.3, 0.4) is 0 Å². The van der Waals surface area contributed by atoms with Crippen molar-refractivity contribution < 1.29 is 0 Å². The summed E-state index contributed by atoms with van der Waals surface area (Å²) >= 11 is 0. The monoisotopic (exact) mass is 224 g/mol. The summed E-state index contributed by atoms with van der Waals surface area (Å²) in [5.41, 5.74) is 6.15. The Kier molecular flexibility index (Phi) is 4.26. The van der Waals surface area contributed by atoms with Crippen LogP contribution in [0.5, 0.6) is 0 Å². The predicted octanol–water partition coefficient (Wildman–Crippen LogP) is 2.77. The van der Waals surface area contributed by atoms with Gasteiger partial charge in [0.05, 0.1) is 0 Å². The average Bonchev–Trinajstić information content (AvgIpc) is 2.82. The minimum Gasteiger partial charge on any atom is -0.327 e. The van der Waals surface area contributed by atoms with E-state index < -0.39 is 0 Å². The Morgan fingerprint density at radius 3 is 2.62 bits per heavy atom. The first kappa shape index (κ1) is 12.4. The molecule has 2 heteroatoms. The van der Waals surface area contributed by atoms with Gasteiger partial charge in [-0.2, -0.15) is 0 Å². The van der Waals surface area contributed by atoms with Gasteiger partial charge in [-0.1, -0.05) is 13.3 Å². The lowest BCUT2D eigenvalue weighted by Gasteiger charge is -2.29. The molecule has 4 atom stereocenters. The van der Waals surface area contributed by atoms with Crippen molar-refractivity contribution in [1.29, 1.82) is 0 Å². The van der Waals surface area contributed by atoms with Gasteiger partial charge in [-0.3, -0.25) is 4.90 Å². The molecule has 0 bridgehead atoms. The lowest BCUT2D eigenvalue weighted by molar-refractivity contribution is 0.182. The van der Waals surface area contributed by atoms with Crippen LogP contribution in [0.25, 0.3) is 0 Å². The number of nitrogens with zero attached hydrogens (tertiary/aromatic N) is 1. The summed E-state index contributed by atoms with van der Waals surface area (Å²) in [6.07, 6.45) is 9.46. The van der Waals surface area contributed by atoms with Crippen LogP contribution in [0.1, 0.15) is 58.8 Å². The average molecular weight is 224 g/mol. The molecule has 0 aromatic heterocycles. The highest BCUT2D eigenvalue weighted by molar-refractivity contribution is 4.87. The van der Waals surface area contributed by atoms with Gasteiger partial charge in [0.15, 0.2) is 0 Å². The van der Waals surface area contributed by atoms with Crippen LogP contribution in [0, 0.1) is 5.92 Å². The molecule has 1 saturated carbocycles. The first-order valence-electron chi connectivity index (χ1n) is 7.23. The number of likely N-dealkylation sites (tertiary alicyclic amines) is 1. The van der Waals surface area contributed by atoms with Gasteiger partial charge >= 0.3 is 0 Å². The second-order valence-corrected chi connectivity index (χ2v) is 5.87. The number of hydrogen-bond acceptors (Lipinski definition) is 2. The molecule has 4 unspecified atom stereocenters. The smallest absolute Gasteiger partial charge is 0.00960 e. The van der Waals surface area contributed by atoms with Crippen LogP contribution < -0.4 is 5.73 Å². The van der Waals surface area contributed by atoms with Crippen molar-refractivity contribution >= 4 is 0 Å². The highest BCUT2D eigenvalue weighted by atomic mass is 15.2. The molecule has 0 aromatic carbocycles. The summed E-state index contributed by atoms with van der Waals surface area (Å²) in [6.45, 7) is 6.01. The second kappa shape index (κ2) is 5.50. The second-order valence-electron chi connectivity index (χ2n) is 5.87. The molecule has 16 heavy (non-hydrogen) atoms. The molecule has 94 valence electrons. The van der Waals surface area contributed by atoms with Crippen molar-refractivity contribution in [3.8, 4) is 0 Å². The van der Waals surface area contributed by atoms with E-state index in [1.807, 2.05) is 0 Å². The highest BCUT2D eigenvalue weighted by Gasteiger charge is 2.31. The summed E-state index contributed by atoms with van der Waals surface area (Å²) in [6, 6.07) is 2.16. The van der Waals surface area contributed by atoms with Crippen molar-refractivity contribution in [3.63, 3.8) is 0 Å². The zero-order valence-corrected chi connectivity index (χ0v) is 11.0. The fourth-order valence-electron chi connectivity index (χ4n) is 3.71. The Hall–Kier alpha value is -0.0800. The first-order valence-corrected chi connectivity index (χ1v) is 7.23. The molecule has 2 aliphatic rings. The molecule has 0 aromatic rings. The van der Waals surface area contributed by atoms with Gasteiger partial charge in [-0.25, -0.2) is 0 Å². The first-order chi connectivity index (χ1) is 7.72. The standard InChI is InChI=1S/C14H28N2/c1-3-13-8-7-11(2)16(13)10-9-12-5-4-6-14(12)15/h11-14H,3-10,15H2,1-2H3. The fourth-order valence-corrected chi connectivity index (χ4v) is 3.71. The largest absolute Gasteiger partial charge is 0.327 e. The molecule has 0 amide bonds. The van der Waals surface area contributed by atoms with Crippen LogP contribution in [-0.2, 0) is 0 Å². The molecule has 2 fully saturated rings. The third-order valence-electron chi connectivity index (χ3n) is 4.90. The van der Waals surface area contributed by atoms with E-state index in [2.05, 4.69) is 18.7 Å². The topological polar surface area (TPSA) is 29.3 Å². The van der Waals surface area contributed by atoms with Crippen LogP contribution in [-0.4, -0.2) is 29.6 Å². The van der Waals surface area contributed by atoms with Gasteiger partial charge in [0.25, 0.3) is 0 Å². The Balaban J connectivity index is 1.79. The van der Waals surface area contributed by atoms with E-state index >= 15 is 0 Å². The number of hydrogen-bond donors (Lipinski definition) is 1. The van der Waals surface area contributed by atoms with E-state index in [9.17, 15) is 0 Å². The molecular weight excluding hydrogens is 196 g/mol. The van der Waals surface area contributed by atoms with Crippen LogP contribution in [0.2, 0.25) is 0 Å². The molecule has 2 rings (SSSR count). The SMILES string of the molecule is CCC1CCC(C)N1CCC1CCCC1N. The van der Waals surface area contributed by atoms with Gasteiger partial charge in [0, 0.05) is 18.1 Å². The van der Waals surface area contributed by atoms with Gasteiger partial charge in [0.1, 0.15) is 0 Å². The Morgan fingerprint density at radius 2 is 2.00 bits per heavy atom. The quantitative estimate of drug-likeness (QED) is 0.795. The van der Waals surface area contributed by atoms with Crippen molar-refractivity contribution in [1.82, 2.24) is 4.90 Å². The maximum atomic E-state index is 6.15. The molecule has 2 N–H and O–H groups in total. The molecule has 0 spiro atoms. The maximum absolute atomic E-state index is 6.15. The normalized spacial score (nSPS) is 40.7. The predicted molar refractivity (Wildman–Crippen MR) is 69.4 cm³/mol. The van der Waals surface area contributed by atoms with Crippen LogP contribution in [0.15, 0.2) is 0 Å². The summed E-state index contributed by atoms with van der Waals surface area (Å²) in [4.78, 5) is 2.74. The van der Waals surface area contributed by atoms with E-state index in [4.69, 9.17) is 5.73 Å². The molecule has 1 aliphatic heterocycles. The summed E-state index contributed by atoms with van der Waals surface area (Å²) in [5.74, 6) is 0.810. The Morgan fingerprint density at radius 1 is 1.19 bits per heavy atom. The van der Waals surface area contributed by atoms with Crippen molar-refractivity contribution in [3.05, 3.63) is 0 Å². The maximum Gasteiger partial charge on any atom is 0.00960 e. The van der Waals surface area contributed by atoms with Crippen LogP contribution >= 0.6 is 0 Å². The number of rotatable bonds is 4. The van der Waals surface area contributed by atoms with Gasteiger partial charge in [-0.05, 0) is 57.9 Å². The van der Waals surface area contributed by atoms with E-state index in [-0.39, 0.29) is 0 Å². The van der Waals surface area contributed by atoms with E-state index in [0.717, 1.165) is 18.0 Å². The molecule has 0 radical (unpaired) electrons. The van der Waals surface area contributed by atoms with Gasteiger partial charge < -0.3 is 5.73 Å². The summed E-state index contributed by atoms with van der Waals surface area (Å²) in [7, 11) is 0. The lowest BCUT2D eigenvalue weighted by Crippen LogP contribution is -2.37. The highest BCUT2D eigenvalue weighted by Crippen LogP contribution is 2.30. The molecule has 2 nitrogen and oxygen atoms in total.